The molecule has 1 fully saturated rings. The lowest BCUT2D eigenvalue weighted by atomic mass is 10.0. The van der Waals surface area contributed by atoms with Gasteiger partial charge in [0.1, 0.15) is 0 Å². The molecule has 0 aromatic heterocycles. The fraction of sp³-hybridized carbons (Fsp3) is 0.500. The van der Waals surface area contributed by atoms with E-state index in [2.05, 4.69) is 5.32 Å². The molecule has 0 aliphatic carbocycles. The number of carbonyl (C=O) groups is 2. The topological polar surface area (TPSA) is 69.6 Å². The van der Waals surface area contributed by atoms with Gasteiger partial charge < -0.3 is 15.3 Å². The second-order valence-corrected chi connectivity index (χ2v) is 5.75. The molecular formula is C16H20F2N2O3. The van der Waals surface area contributed by atoms with Crippen LogP contribution >= 0.6 is 0 Å². The van der Waals surface area contributed by atoms with Gasteiger partial charge in [0.15, 0.2) is 11.6 Å². The summed E-state index contributed by atoms with van der Waals surface area (Å²) in [5.41, 5.74) is 0.175. The van der Waals surface area contributed by atoms with Crippen molar-refractivity contribution in [1.82, 2.24) is 10.2 Å². The minimum atomic E-state index is -1.17. The molecule has 7 heteroatoms. The molecular weight excluding hydrogens is 306 g/mol. The van der Waals surface area contributed by atoms with E-state index < -0.39 is 29.7 Å². The molecule has 0 radical (unpaired) electrons. The third kappa shape index (κ3) is 3.85. The van der Waals surface area contributed by atoms with Gasteiger partial charge in [-0.3, -0.25) is 9.59 Å². The largest absolute Gasteiger partial charge is 0.386 e. The predicted octanol–water partition coefficient (Wildman–Crippen LogP) is 1.37. The van der Waals surface area contributed by atoms with Crippen LogP contribution in [0.5, 0.6) is 0 Å². The Morgan fingerprint density at radius 1 is 1.43 bits per heavy atom. The number of halogens is 2. The summed E-state index contributed by atoms with van der Waals surface area (Å²) in [6, 6.07) is 2.40. The summed E-state index contributed by atoms with van der Waals surface area (Å²) in [7, 11) is 0. The van der Waals surface area contributed by atoms with Gasteiger partial charge in [0.05, 0.1) is 18.1 Å². The van der Waals surface area contributed by atoms with Gasteiger partial charge in [0, 0.05) is 19.5 Å². The molecule has 23 heavy (non-hydrogen) atoms. The maximum atomic E-state index is 13.2. The average molecular weight is 326 g/mol. The highest BCUT2D eigenvalue weighted by molar-refractivity contribution is 5.89. The van der Waals surface area contributed by atoms with Crippen LogP contribution in [0.3, 0.4) is 0 Å². The van der Waals surface area contributed by atoms with Crippen molar-refractivity contribution in [3.8, 4) is 0 Å². The fourth-order valence-electron chi connectivity index (χ4n) is 2.66. The zero-order valence-electron chi connectivity index (χ0n) is 13.1. The first kappa shape index (κ1) is 17.3. The third-order valence-electron chi connectivity index (χ3n) is 4.10. The van der Waals surface area contributed by atoms with E-state index in [1.54, 1.807) is 11.8 Å². The Balaban J connectivity index is 1.98. The molecule has 1 aliphatic rings. The summed E-state index contributed by atoms with van der Waals surface area (Å²) in [6.07, 6.45) is -1.03. The van der Waals surface area contributed by atoms with Gasteiger partial charge in [0.2, 0.25) is 11.8 Å². The summed E-state index contributed by atoms with van der Waals surface area (Å²) in [5, 5.41) is 12.8. The lowest BCUT2D eigenvalue weighted by Gasteiger charge is -2.22. The lowest BCUT2D eigenvalue weighted by Crippen LogP contribution is -2.41. The Morgan fingerprint density at radius 2 is 2.13 bits per heavy atom. The first-order valence-electron chi connectivity index (χ1n) is 7.54. The maximum absolute atomic E-state index is 13.2. The minimum absolute atomic E-state index is 0.0681. The monoisotopic (exact) mass is 326 g/mol. The Kier molecular flexibility index (Phi) is 5.30. The Labute approximate surface area is 133 Å². The van der Waals surface area contributed by atoms with Crippen molar-refractivity contribution >= 4 is 11.8 Å². The van der Waals surface area contributed by atoms with E-state index >= 15 is 0 Å². The molecule has 2 N–H and O–H groups in total. The second kappa shape index (κ2) is 7.04. The van der Waals surface area contributed by atoms with E-state index in [1.165, 1.54) is 6.07 Å². The normalized spacial score (nSPS) is 20.5. The Hall–Kier alpha value is -2.02. The van der Waals surface area contributed by atoms with Crippen LogP contribution in [0.4, 0.5) is 8.78 Å². The molecule has 0 bridgehead atoms. The van der Waals surface area contributed by atoms with Crippen molar-refractivity contribution in [3.63, 3.8) is 0 Å². The molecule has 0 saturated carbocycles. The number of carbonyl (C=O) groups excluding carboxylic acids is 2. The standard InChI is InChI=1S/C16H20F2N2O3/c1-3-20-8-11(7-14(20)21)16(23)19-9(2)15(22)10-4-5-12(17)13(18)6-10/h4-6,9,11,15,22H,3,7-8H2,1-2H3,(H,19,23). The van der Waals surface area contributed by atoms with E-state index in [4.69, 9.17) is 0 Å². The van der Waals surface area contributed by atoms with Crippen LogP contribution in [-0.2, 0) is 9.59 Å². The van der Waals surface area contributed by atoms with Gasteiger partial charge in [-0.1, -0.05) is 6.07 Å². The number of nitrogens with zero attached hydrogens (tertiary/aromatic N) is 1. The number of hydrogen-bond donors (Lipinski definition) is 2. The summed E-state index contributed by atoms with van der Waals surface area (Å²) >= 11 is 0. The van der Waals surface area contributed by atoms with Crippen LogP contribution in [0.1, 0.15) is 31.9 Å². The smallest absolute Gasteiger partial charge is 0.225 e. The van der Waals surface area contributed by atoms with E-state index in [1.807, 2.05) is 6.92 Å². The molecule has 5 nitrogen and oxygen atoms in total. The van der Waals surface area contributed by atoms with Crippen LogP contribution < -0.4 is 5.32 Å². The van der Waals surface area contributed by atoms with Crippen LogP contribution in [-0.4, -0.2) is 41.0 Å². The number of aliphatic hydroxyl groups is 1. The molecule has 1 heterocycles. The molecule has 3 unspecified atom stereocenters. The number of aliphatic hydroxyl groups excluding tert-OH is 1. The van der Waals surface area contributed by atoms with Crippen molar-refractivity contribution in [2.45, 2.75) is 32.4 Å². The second-order valence-electron chi connectivity index (χ2n) is 5.75. The van der Waals surface area contributed by atoms with Gasteiger partial charge in [0.25, 0.3) is 0 Å². The molecule has 1 saturated heterocycles. The van der Waals surface area contributed by atoms with Crippen molar-refractivity contribution in [1.29, 1.82) is 0 Å². The van der Waals surface area contributed by atoms with Crippen LogP contribution in [0.2, 0.25) is 0 Å². The lowest BCUT2D eigenvalue weighted by molar-refractivity contribution is -0.129. The summed E-state index contributed by atoms with van der Waals surface area (Å²) in [6.45, 7) is 4.32. The van der Waals surface area contributed by atoms with Crippen molar-refractivity contribution in [2.24, 2.45) is 5.92 Å². The Morgan fingerprint density at radius 3 is 2.70 bits per heavy atom. The van der Waals surface area contributed by atoms with E-state index in [0.29, 0.717) is 13.1 Å². The third-order valence-corrected chi connectivity index (χ3v) is 4.10. The zero-order valence-corrected chi connectivity index (χ0v) is 13.1. The molecule has 2 rings (SSSR count). The molecule has 1 aromatic rings. The number of nitrogens with one attached hydrogen (secondary N) is 1. The number of rotatable bonds is 5. The highest BCUT2D eigenvalue weighted by Gasteiger charge is 2.34. The zero-order chi connectivity index (χ0) is 17.1. The van der Waals surface area contributed by atoms with E-state index in [-0.39, 0.29) is 23.8 Å². The SMILES string of the molecule is CCN1CC(C(=O)NC(C)C(O)c2ccc(F)c(F)c2)CC1=O. The molecule has 1 aliphatic heterocycles. The van der Waals surface area contributed by atoms with E-state index in [9.17, 15) is 23.5 Å². The maximum Gasteiger partial charge on any atom is 0.225 e. The average Bonchev–Trinajstić information content (AvgIpc) is 2.90. The number of benzene rings is 1. The molecule has 126 valence electrons. The predicted molar refractivity (Wildman–Crippen MR) is 79.3 cm³/mol. The summed E-state index contributed by atoms with van der Waals surface area (Å²) < 4.78 is 26.1. The highest BCUT2D eigenvalue weighted by Crippen LogP contribution is 2.21. The van der Waals surface area contributed by atoms with Crippen LogP contribution in [0.15, 0.2) is 18.2 Å². The van der Waals surface area contributed by atoms with Gasteiger partial charge >= 0.3 is 0 Å². The first-order chi connectivity index (χ1) is 10.8. The highest BCUT2D eigenvalue weighted by atomic mass is 19.2. The fourth-order valence-corrected chi connectivity index (χ4v) is 2.66. The van der Waals surface area contributed by atoms with Gasteiger partial charge in [-0.05, 0) is 31.5 Å². The quantitative estimate of drug-likeness (QED) is 0.859. The number of likely N-dealkylation sites (tertiary alicyclic amines) is 1. The molecule has 3 atom stereocenters. The van der Waals surface area contributed by atoms with Crippen LogP contribution in [0.25, 0.3) is 0 Å². The van der Waals surface area contributed by atoms with Crippen molar-refractivity contribution in [2.75, 3.05) is 13.1 Å². The van der Waals surface area contributed by atoms with Gasteiger partial charge in [-0.25, -0.2) is 8.78 Å². The van der Waals surface area contributed by atoms with E-state index in [0.717, 1.165) is 12.1 Å². The molecule has 2 amide bonds. The van der Waals surface area contributed by atoms with Crippen molar-refractivity contribution < 1.29 is 23.5 Å². The summed E-state index contributed by atoms with van der Waals surface area (Å²) in [4.78, 5) is 25.4. The minimum Gasteiger partial charge on any atom is -0.386 e. The van der Waals surface area contributed by atoms with Crippen LogP contribution in [0, 0.1) is 17.6 Å². The number of hydrogen-bond acceptors (Lipinski definition) is 3. The first-order valence-corrected chi connectivity index (χ1v) is 7.54. The van der Waals surface area contributed by atoms with Gasteiger partial charge in [-0.2, -0.15) is 0 Å². The van der Waals surface area contributed by atoms with Crippen molar-refractivity contribution in [3.05, 3.63) is 35.4 Å². The molecule has 0 spiro atoms. The van der Waals surface area contributed by atoms with Gasteiger partial charge in [-0.15, -0.1) is 0 Å². The molecule has 1 aromatic carbocycles. The Bertz CT molecular complexity index is 609. The number of amides is 2. The summed E-state index contributed by atoms with van der Waals surface area (Å²) in [5.74, 6) is -2.91.